The molecule has 0 fully saturated rings. The van der Waals surface area contributed by atoms with Gasteiger partial charge in [-0.25, -0.2) is 0 Å². The molecule has 0 rings (SSSR count). The van der Waals surface area contributed by atoms with Gasteiger partial charge in [-0.1, -0.05) is 6.92 Å². The molecule has 11 heavy (non-hydrogen) atoms. The zero-order valence-corrected chi connectivity index (χ0v) is 9.00. The predicted molar refractivity (Wildman–Crippen MR) is 50.4 cm³/mol. The molecule has 5 heteroatoms. The van der Waals surface area contributed by atoms with Gasteiger partial charge >= 0.3 is 9.28 Å². The highest BCUT2D eigenvalue weighted by molar-refractivity contribution is 7.80. The molecule has 0 aromatic carbocycles. The van der Waals surface area contributed by atoms with Crippen molar-refractivity contribution in [2.75, 3.05) is 14.2 Å². The van der Waals surface area contributed by atoms with Crippen molar-refractivity contribution in [3.63, 3.8) is 0 Å². The van der Waals surface area contributed by atoms with Crippen LogP contribution in [0.5, 0.6) is 0 Å². The van der Waals surface area contributed by atoms with Crippen LogP contribution < -0.4 is 0 Å². The maximum Gasteiger partial charge on any atom is 0.321 e. The highest BCUT2D eigenvalue weighted by Gasteiger charge is 2.17. The molecule has 0 aromatic heterocycles. The van der Waals surface area contributed by atoms with E-state index < -0.39 is 9.28 Å². The summed E-state index contributed by atoms with van der Waals surface area (Å²) in [4.78, 5) is 0. The van der Waals surface area contributed by atoms with E-state index in [2.05, 4.69) is 12.2 Å². The Kier molecular flexibility index (Phi) is 5.66. The summed E-state index contributed by atoms with van der Waals surface area (Å²) in [5.74, 6) is 0.00145. The third-order valence-corrected chi connectivity index (χ3v) is 4.04. The lowest BCUT2D eigenvalue weighted by Gasteiger charge is -2.14. The second kappa shape index (κ2) is 5.65. The number of aliphatic hydroxyl groups excluding tert-OH is 1. The average molecular weight is 194 g/mol. The Hall–Kier alpha value is 0.0269. The number of rotatable bonds is 5. The summed E-state index contributed by atoms with van der Waals surface area (Å²) in [6.45, 7) is 1.86. The van der Waals surface area contributed by atoms with Crippen molar-refractivity contribution in [3.8, 4) is 0 Å². The molecule has 0 spiro atoms. The minimum atomic E-state index is -1.55. The van der Waals surface area contributed by atoms with Gasteiger partial charge in [-0.2, -0.15) is 0 Å². The minimum absolute atomic E-state index is 0.00145. The van der Waals surface area contributed by atoms with E-state index in [9.17, 15) is 0 Å². The van der Waals surface area contributed by atoms with E-state index in [-0.39, 0.29) is 11.0 Å². The molecule has 0 saturated heterocycles. The smallest absolute Gasteiger partial charge is 0.321 e. The highest BCUT2D eigenvalue weighted by atomic mass is 32.1. The molecule has 1 unspecified atom stereocenters. The van der Waals surface area contributed by atoms with E-state index in [1.807, 2.05) is 6.92 Å². The second-order valence-corrected chi connectivity index (χ2v) is 5.07. The van der Waals surface area contributed by atoms with Crippen LogP contribution in [-0.4, -0.2) is 33.7 Å². The van der Waals surface area contributed by atoms with Gasteiger partial charge in [-0.05, 0) is 18.3 Å². The van der Waals surface area contributed by atoms with Crippen molar-refractivity contribution in [2.24, 2.45) is 5.92 Å². The van der Waals surface area contributed by atoms with Gasteiger partial charge in [0.25, 0.3) is 0 Å². The van der Waals surface area contributed by atoms with Gasteiger partial charge in [0.2, 0.25) is 0 Å². The first-order valence-electron chi connectivity index (χ1n) is 3.40. The molecule has 0 heterocycles. The number of hydrogen-bond donors (Lipinski definition) is 1. The van der Waals surface area contributed by atoms with E-state index in [0.29, 0.717) is 0 Å². The van der Waals surface area contributed by atoms with Crippen molar-refractivity contribution < 1.29 is 14.0 Å². The third-order valence-electron chi connectivity index (χ3n) is 1.49. The topological polar surface area (TPSA) is 38.7 Å². The fourth-order valence-electron chi connectivity index (χ4n) is 0.678. The number of thiocarbonyl (C=S) groups is 1. The van der Waals surface area contributed by atoms with E-state index in [4.69, 9.17) is 14.0 Å². The Bertz CT molecular complexity index is 127. The van der Waals surface area contributed by atoms with Gasteiger partial charge in [0, 0.05) is 20.1 Å². The fourth-order valence-corrected chi connectivity index (χ4v) is 2.32. The SMILES string of the molecule is CO[SiH](CC(C)C(O)=S)OC. The molecule has 0 bridgehead atoms. The first-order valence-corrected chi connectivity index (χ1v) is 5.57. The summed E-state index contributed by atoms with van der Waals surface area (Å²) in [6.07, 6.45) is 0. The van der Waals surface area contributed by atoms with Crippen molar-refractivity contribution >= 4 is 26.6 Å². The van der Waals surface area contributed by atoms with Crippen molar-refractivity contribution in [3.05, 3.63) is 0 Å². The lowest BCUT2D eigenvalue weighted by atomic mass is 10.2. The van der Waals surface area contributed by atoms with Crippen molar-refractivity contribution in [1.29, 1.82) is 0 Å². The maximum atomic E-state index is 8.90. The van der Waals surface area contributed by atoms with E-state index in [1.54, 1.807) is 14.2 Å². The minimum Gasteiger partial charge on any atom is -0.502 e. The van der Waals surface area contributed by atoms with Crippen LogP contribution in [0.3, 0.4) is 0 Å². The normalized spacial score (nSPS) is 13.5. The molecule has 0 radical (unpaired) electrons. The summed E-state index contributed by atoms with van der Waals surface area (Å²) >= 11 is 4.60. The van der Waals surface area contributed by atoms with Crippen LogP contribution >= 0.6 is 12.2 Å². The van der Waals surface area contributed by atoms with Crippen LogP contribution in [0.25, 0.3) is 0 Å². The monoisotopic (exact) mass is 194 g/mol. The van der Waals surface area contributed by atoms with Crippen LogP contribution in [0.1, 0.15) is 6.92 Å². The fraction of sp³-hybridized carbons (Fsp3) is 0.833. The first-order chi connectivity index (χ1) is 5.11. The molecular formula is C6H14O3SSi. The average Bonchev–Trinajstić information content (AvgIpc) is 1.99. The molecule has 1 N–H and O–H groups in total. The summed E-state index contributed by atoms with van der Waals surface area (Å²) in [5.41, 5.74) is 0. The van der Waals surface area contributed by atoms with Crippen LogP contribution in [-0.2, 0) is 8.85 Å². The molecule has 0 saturated carbocycles. The summed E-state index contributed by atoms with van der Waals surface area (Å²) in [7, 11) is 1.68. The van der Waals surface area contributed by atoms with Gasteiger partial charge in [0.1, 0.15) is 0 Å². The second-order valence-electron chi connectivity index (χ2n) is 2.38. The van der Waals surface area contributed by atoms with Crippen molar-refractivity contribution in [1.82, 2.24) is 0 Å². The number of aliphatic hydroxyl groups is 1. The van der Waals surface area contributed by atoms with Crippen LogP contribution in [0, 0.1) is 5.92 Å². The molecule has 0 amide bonds. The van der Waals surface area contributed by atoms with E-state index >= 15 is 0 Å². The Morgan fingerprint density at radius 2 is 2.00 bits per heavy atom. The molecule has 1 atom stereocenters. The van der Waals surface area contributed by atoms with E-state index in [0.717, 1.165) is 6.04 Å². The van der Waals surface area contributed by atoms with Gasteiger partial charge in [-0.3, -0.25) is 0 Å². The zero-order chi connectivity index (χ0) is 8.85. The standard InChI is InChI=1S/C6H14O3SSi/c1-5(6(7)10)4-11(8-2)9-3/h5,11H,4H2,1-3H3,(H,7,10). The largest absolute Gasteiger partial charge is 0.502 e. The lowest BCUT2D eigenvalue weighted by Crippen LogP contribution is -2.24. The Morgan fingerprint density at radius 1 is 1.55 bits per heavy atom. The summed E-state index contributed by atoms with van der Waals surface area (Å²) < 4.78 is 10.1. The van der Waals surface area contributed by atoms with Crippen LogP contribution in [0.15, 0.2) is 0 Å². The third kappa shape index (κ3) is 4.47. The molecule has 0 aromatic rings. The molecule has 0 aliphatic carbocycles. The van der Waals surface area contributed by atoms with Gasteiger partial charge in [0.15, 0.2) is 5.05 Å². The van der Waals surface area contributed by atoms with Gasteiger partial charge in [-0.15, -0.1) is 0 Å². The summed E-state index contributed by atoms with van der Waals surface area (Å²) in [6, 6.07) is 0.725. The molecule has 66 valence electrons. The molecular weight excluding hydrogens is 180 g/mol. The van der Waals surface area contributed by atoms with E-state index in [1.165, 1.54) is 0 Å². The molecule has 0 aliphatic rings. The summed E-state index contributed by atoms with van der Waals surface area (Å²) in [5, 5.41) is 8.94. The Labute approximate surface area is 74.2 Å². The van der Waals surface area contributed by atoms with Crippen LogP contribution in [0.4, 0.5) is 0 Å². The zero-order valence-electron chi connectivity index (χ0n) is 7.03. The van der Waals surface area contributed by atoms with Gasteiger partial charge in [0.05, 0.1) is 0 Å². The Balaban J connectivity index is 3.71. The quantitative estimate of drug-likeness (QED) is 0.524. The predicted octanol–water partition coefficient (Wildman–Crippen LogP) is 1.02. The number of hydrogen-bond acceptors (Lipinski definition) is 3. The van der Waals surface area contributed by atoms with Crippen molar-refractivity contribution in [2.45, 2.75) is 13.0 Å². The first kappa shape index (κ1) is 11.0. The lowest BCUT2D eigenvalue weighted by molar-refractivity contribution is 0.273. The maximum absolute atomic E-state index is 8.90. The highest BCUT2D eigenvalue weighted by Crippen LogP contribution is 2.08. The Morgan fingerprint density at radius 3 is 2.27 bits per heavy atom. The van der Waals surface area contributed by atoms with Gasteiger partial charge < -0.3 is 14.0 Å². The molecule has 3 nitrogen and oxygen atoms in total. The van der Waals surface area contributed by atoms with Crippen LogP contribution in [0.2, 0.25) is 6.04 Å². The molecule has 0 aliphatic heterocycles.